The molecule has 1 unspecified atom stereocenters. The number of rotatable bonds is 4. The van der Waals surface area contributed by atoms with E-state index in [9.17, 15) is 4.79 Å². The summed E-state index contributed by atoms with van der Waals surface area (Å²) >= 11 is 5.90. The van der Waals surface area contributed by atoms with Gasteiger partial charge in [-0.1, -0.05) is 23.7 Å². The Morgan fingerprint density at radius 2 is 2.37 bits per heavy atom. The van der Waals surface area contributed by atoms with Crippen LogP contribution < -0.4 is 5.32 Å². The normalized spacial score (nSPS) is 12.4. The van der Waals surface area contributed by atoms with Crippen LogP contribution in [0.2, 0.25) is 5.02 Å². The number of aryl methyl sites for hydroxylation is 2. The van der Waals surface area contributed by atoms with E-state index < -0.39 is 6.04 Å². The summed E-state index contributed by atoms with van der Waals surface area (Å²) in [5.41, 5.74) is 0.172. The number of hydrogen-bond donors (Lipinski definition) is 1. The Morgan fingerprint density at radius 3 is 2.89 bits per heavy atom. The molecule has 0 bridgehead atoms. The van der Waals surface area contributed by atoms with Crippen LogP contribution in [0.3, 0.4) is 0 Å². The maximum absolute atomic E-state index is 12.0. The molecule has 2 rings (SSSR count). The van der Waals surface area contributed by atoms with Gasteiger partial charge in [0.25, 0.3) is 5.91 Å². The van der Waals surface area contributed by atoms with E-state index in [0.29, 0.717) is 23.2 Å². The number of amides is 1. The van der Waals surface area contributed by atoms with Crippen molar-refractivity contribution in [3.63, 3.8) is 0 Å². The minimum absolute atomic E-state index is 0.172. The zero-order valence-corrected chi connectivity index (χ0v) is 11.6. The first kappa shape index (κ1) is 13.5. The fourth-order valence-corrected chi connectivity index (χ4v) is 1.79. The lowest BCUT2D eigenvalue weighted by Gasteiger charge is -2.08. The van der Waals surface area contributed by atoms with Crippen LogP contribution in [-0.4, -0.2) is 25.8 Å². The zero-order valence-electron chi connectivity index (χ0n) is 10.8. The monoisotopic (exact) mass is 283 g/mol. The third-order valence-corrected chi connectivity index (χ3v) is 2.79. The Kier molecular flexibility index (Phi) is 3.84. The molecular formula is C11H14ClN5O2. The van der Waals surface area contributed by atoms with E-state index in [1.807, 2.05) is 6.92 Å². The van der Waals surface area contributed by atoms with E-state index in [4.69, 9.17) is 16.1 Å². The summed E-state index contributed by atoms with van der Waals surface area (Å²) in [7, 11) is 1.69. The maximum atomic E-state index is 12.0. The fraction of sp³-hybridized carbons (Fsp3) is 0.455. The van der Waals surface area contributed by atoms with Gasteiger partial charge < -0.3 is 9.84 Å². The molecule has 2 heterocycles. The molecule has 1 atom stereocenters. The largest absolute Gasteiger partial charge is 0.339 e. The smallest absolute Gasteiger partial charge is 0.273 e. The summed E-state index contributed by atoms with van der Waals surface area (Å²) in [6.07, 6.45) is 2.24. The molecule has 0 fully saturated rings. The molecule has 0 aliphatic heterocycles. The van der Waals surface area contributed by atoms with Gasteiger partial charge in [0.2, 0.25) is 5.89 Å². The van der Waals surface area contributed by atoms with Gasteiger partial charge >= 0.3 is 0 Å². The maximum Gasteiger partial charge on any atom is 0.273 e. The van der Waals surface area contributed by atoms with Crippen molar-refractivity contribution >= 4 is 17.5 Å². The lowest BCUT2D eigenvalue weighted by atomic mass is 10.3. The van der Waals surface area contributed by atoms with Crippen molar-refractivity contribution in [1.82, 2.24) is 25.2 Å². The van der Waals surface area contributed by atoms with Gasteiger partial charge in [0.05, 0.1) is 5.02 Å². The molecule has 0 aliphatic rings. The fourth-order valence-electron chi connectivity index (χ4n) is 1.53. The number of carbonyl (C=O) groups is 1. The van der Waals surface area contributed by atoms with Gasteiger partial charge in [-0.15, -0.1) is 0 Å². The number of nitrogens with zero attached hydrogens (tertiary/aromatic N) is 4. The van der Waals surface area contributed by atoms with Crippen LogP contribution in [0, 0.1) is 0 Å². The number of nitrogens with one attached hydrogen (secondary N) is 1. The van der Waals surface area contributed by atoms with E-state index in [-0.39, 0.29) is 11.6 Å². The molecular weight excluding hydrogens is 270 g/mol. The van der Waals surface area contributed by atoms with E-state index in [0.717, 1.165) is 0 Å². The van der Waals surface area contributed by atoms with E-state index >= 15 is 0 Å². The van der Waals surface area contributed by atoms with Gasteiger partial charge in [0, 0.05) is 19.7 Å². The first-order valence-corrected chi connectivity index (χ1v) is 6.21. The zero-order chi connectivity index (χ0) is 14.0. The minimum Gasteiger partial charge on any atom is -0.339 e. The van der Waals surface area contributed by atoms with Gasteiger partial charge in [-0.25, -0.2) is 0 Å². The molecule has 0 saturated carbocycles. The average Bonchev–Trinajstić information content (AvgIpc) is 2.95. The number of carbonyl (C=O) groups excluding carboxylic acids is 1. The van der Waals surface area contributed by atoms with Crippen LogP contribution in [0.25, 0.3) is 0 Å². The lowest BCUT2D eigenvalue weighted by Crippen LogP contribution is -2.27. The molecule has 0 saturated heterocycles. The second kappa shape index (κ2) is 5.40. The van der Waals surface area contributed by atoms with Gasteiger partial charge in [-0.05, 0) is 6.92 Å². The average molecular weight is 284 g/mol. The molecule has 1 amide bonds. The molecule has 2 aromatic heterocycles. The minimum atomic E-state index is -0.404. The number of hydrogen-bond acceptors (Lipinski definition) is 5. The van der Waals surface area contributed by atoms with Crippen molar-refractivity contribution in [3.05, 3.63) is 28.6 Å². The first-order chi connectivity index (χ1) is 9.01. The molecule has 102 valence electrons. The van der Waals surface area contributed by atoms with Gasteiger partial charge in [0.1, 0.15) is 6.04 Å². The predicted molar refractivity (Wildman–Crippen MR) is 67.8 cm³/mol. The van der Waals surface area contributed by atoms with Gasteiger partial charge in [-0.2, -0.15) is 10.1 Å². The summed E-state index contributed by atoms with van der Waals surface area (Å²) < 4.78 is 6.53. The van der Waals surface area contributed by atoms with Crippen molar-refractivity contribution in [2.24, 2.45) is 7.05 Å². The molecule has 0 aliphatic carbocycles. The summed E-state index contributed by atoms with van der Waals surface area (Å²) in [6, 6.07) is -0.404. The topological polar surface area (TPSA) is 85.8 Å². The summed E-state index contributed by atoms with van der Waals surface area (Å²) in [6.45, 7) is 3.67. The molecule has 1 N–H and O–H groups in total. The van der Waals surface area contributed by atoms with Crippen molar-refractivity contribution in [2.45, 2.75) is 26.3 Å². The Balaban J connectivity index is 2.08. The predicted octanol–water partition coefficient (Wildman–Crippen LogP) is 1.51. The second-order valence-corrected chi connectivity index (χ2v) is 4.50. The summed E-state index contributed by atoms with van der Waals surface area (Å²) in [5, 5.41) is 10.8. The Morgan fingerprint density at radius 1 is 1.63 bits per heavy atom. The van der Waals surface area contributed by atoms with E-state index in [1.54, 1.807) is 20.2 Å². The molecule has 7 nitrogen and oxygen atoms in total. The van der Waals surface area contributed by atoms with Crippen LogP contribution in [-0.2, 0) is 13.5 Å². The lowest BCUT2D eigenvalue weighted by molar-refractivity contribution is 0.0927. The van der Waals surface area contributed by atoms with Gasteiger partial charge in [0.15, 0.2) is 11.5 Å². The highest BCUT2D eigenvalue weighted by molar-refractivity contribution is 6.33. The Labute approximate surface area is 114 Å². The van der Waals surface area contributed by atoms with Crippen molar-refractivity contribution in [1.29, 1.82) is 0 Å². The molecule has 0 radical (unpaired) electrons. The van der Waals surface area contributed by atoms with Crippen molar-refractivity contribution in [2.75, 3.05) is 0 Å². The quantitative estimate of drug-likeness (QED) is 0.919. The van der Waals surface area contributed by atoms with E-state index in [1.165, 1.54) is 4.68 Å². The SMILES string of the molecule is CCc1noc(C(C)NC(=O)c2nn(C)cc2Cl)n1. The number of halogens is 1. The van der Waals surface area contributed by atoms with Crippen LogP contribution in [0.1, 0.15) is 42.1 Å². The molecule has 8 heteroatoms. The standard InChI is InChI=1S/C11H14ClN5O2/c1-4-8-14-11(19-16-8)6(2)13-10(18)9-7(12)5-17(3)15-9/h5-6H,4H2,1-3H3,(H,13,18). The summed E-state index contributed by atoms with van der Waals surface area (Å²) in [4.78, 5) is 16.1. The van der Waals surface area contributed by atoms with E-state index in [2.05, 4.69) is 20.6 Å². The first-order valence-electron chi connectivity index (χ1n) is 5.83. The van der Waals surface area contributed by atoms with Crippen LogP contribution in [0.4, 0.5) is 0 Å². The van der Waals surface area contributed by atoms with Gasteiger partial charge in [-0.3, -0.25) is 9.48 Å². The van der Waals surface area contributed by atoms with Crippen molar-refractivity contribution < 1.29 is 9.32 Å². The summed E-state index contributed by atoms with van der Waals surface area (Å²) in [5.74, 6) is 0.582. The Bertz CT molecular complexity index is 592. The molecule has 19 heavy (non-hydrogen) atoms. The highest BCUT2D eigenvalue weighted by atomic mass is 35.5. The van der Waals surface area contributed by atoms with Crippen LogP contribution in [0.5, 0.6) is 0 Å². The third-order valence-electron chi connectivity index (χ3n) is 2.52. The third kappa shape index (κ3) is 2.93. The molecule has 0 aromatic carbocycles. The number of aromatic nitrogens is 4. The Hall–Kier alpha value is -1.89. The second-order valence-electron chi connectivity index (χ2n) is 4.10. The highest BCUT2D eigenvalue weighted by Crippen LogP contribution is 2.15. The highest BCUT2D eigenvalue weighted by Gasteiger charge is 2.20. The van der Waals surface area contributed by atoms with Crippen LogP contribution in [0.15, 0.2) is 10.7 Å². The molecule has 0 spiro atoms. The van der Waals surface area contributed by atoms with Crippen LogP contribution >= 0.6 is 11.6 Å². The molecule has 2 aromatic rings. The van der Waals surface area contributed by atoms with Crippen molar-refractivity contribution in [3.8, 4) is 0 Å².